The second-order valence-corrected chi connectivity index (χ2v) is 7.72. The zero-order chi connectivity index (χ0) is 24.8. The molecule has 5 N–H and O–H groups in total. The first-order valence-electron chi connectivity index (χ1n) is 9.75. The minimum Gasteiger partial charge on any atom is -0.482 e. The molecule has 0 atom stereocenters. The molecule has 180 valence electrons. The molecule has 0 spiro atoms. The molecule has 0 fully saturated rings. The van der Waals surface area contributed by atoms with Gasteiger partial charge >= 0.3 is 17.7 Å². The zero-order valence-electron chi connectivity index (χ0n) is 18.0. The van der Waals surface area contributed by atoms with E-state index in [0.29, 0.717) is 22.2 Å². The molecule has 35 heavy (non-hydrogen) atoms. The average molecular weight is 500 g/mol. The van der Waals surface area contributed by atoms with Crippen LogP contribution in [-0.2, 0) is 17.6 Å². The number of nitrogens with two attached hydrogens (primary N) is 1. The molecule has 0 aliphatic carbocycles. The van der Waals surface area contributed by atoms with Crippen LogP contribution >= 0.6 is 11.8 Å². The lowest BCUT2D eigenvalue weighted by Crippen LogP contribution is -2.38. The van der Waals surface area contributed by atoms with Gasteiger partial charge in [0.05, 0.1) is 12.0 Å². The summed E-state index contributed by atoms with van der Waals surface area (Å²) in [6.45, 7) is -0.444. The highest BCUT2D eigenvalue weighted by Crippen LogP contribution is 2.20. The zero-order valence-corrected chi connectivity index (χ0v) is 18.8. The van der Waals surface area contributed by atoms with Gasteiger partial charge in [0.25, 0.3) is 11.5 Å². The number of hydrogen-bond donors (Lipinski definition) is 4. The lowest BCUT2D eigenvalue weighted by molar-refractivity contribution is -0.669. The van der Waals surface area contributed by atoms with E-state index in [1.165, 1.54) is 22.7 Å². The quantitative estimate of drug-likeness (QED) is 0.0920. The minimum absolute atomic E-state index is 0.00400. The summed E-state index contributed by atoms with van der Waals surface area (Å²) in [4.78, 5) is 23.4. The van der Waals surface area contributed by atoms with E-state index in [9.17, 15) is 9.59 Å². The largest absolute Gasteiger partial charge is 0.482 e. The van der Waals surface area contributed by atoms with Gasteiger partial charge in [0, 0.05) is 7.05 Å². The van der Waals surface area contributed by atoms with Gasteiger partial charge in [-0.3, -0.25) is 4.79 Å². The van der Waals surface area contributed by atoms with Crippen molar-refractivity contribution in [3.05, 3.63) is 47.5 Å². The van der Waals surface area contributed by atoms with Crippen LogP contribution in [0, 0.1) is 0 Å². The molecule has 17 heteroatoms. The number of nitrogens with zero attached hydrogens (tertiary/aromatic N) is 8. The number of ether oxygens (including phenoxy) is 1. The summed E-state index contributed by atoms with van der Waals surface area (Å²) in [5, 5.41) is 35.1. The Labute approximate surface area is 200 Å². The maximum atomic E-state index is 12.8. The first-order chi connectivity index (χ1) is 16.9. The van der Waals surface area contributed by atoms with Crippen molar-refractivity contribution in [3.63, 3.8) is 0 Å². The van der Waals surface area contributed by atoms with E-state index >= 15 is 0 Å². The van der Waals surface area contributed by atoms with Crippen molar-refractivity contribution in [1.29, 1.82) is 0 Å². The van der Waals surface area contributed by atoms with Gasteiger partial charge in [-0.15, -0.1) is 20.1 Å². The predicted molar refractivity (Wildman–Crippen MR) is 118 cm³/mol. The first-order valence-corrected chi connectivity index (χ1v) is 10.7. The van der Waals surface area contributed by atoms with Gasteiger partial charge in [-0.1, -0.05) is 11.8 Å². The van der Waals surface area contributed by atoms with E-state index in [1.54, 1.807) is 42.2 Å². The van der Waals surface area contributed by atoms with Crippen LogP contribution in [0.3, 0.4) is 0 Å². The number of nitrogens with one attached hydrogen (secondary N) is 2. The highest BCUT2D eigenvalue weighted by atomic mass is 32.2. The van der Waals surface area contributed by atoms with Crippen LogP contribution in [0.2, 0.25) is 0 Å². The molecule has 0 aliphatic heterocycles. The number of anilines is 1. The van der Waals surface area contributed by atoms with Crippen molar-refractivity contribution in [2.45, 2.75) is 10.9 Å². The van der Waals surface area contributed by atoms with Crippen molar-refractivity contribution >= 4 is 35.7 Å². The van der Waals surface area contributed by atoms with Crippen LogP contribution in [0.4, 0.5) is 5.82 Å². The Morgan fingerprint density at radius 3 is 2.83 bits per heavy atom. The second-order valence-electron chi connectivity index (χ2n) is 6.78. The Bertz CT molecular complexity index is 1360. The molecular weight excluding hydrogens is 482 g/mol. The number of rotatable bonds is 10. The number of benzene rings is 1. The Balaban J connectivity index is 1.48. The van der Waals surface area contributed by atoms with Crippen molar-refractivity contribution in [2.24, 2.45) is 12.1 Å². The van der Waals surface area contributed by atoms with Crippen molar-refractivity contribution < 1.29 is 28.7 Å². The third-order valence-electron chi connectivity index (χ3n) is 4.36. The molecule has 1 amide bonds. The molecule has 1 aromatic carbocycles. The van der Waals surface area contributed by atoms with Gasteiger partial charge < -0.3 is 20.1 Å². The highest BCUT2D eigenvalue weighted by molar-refractivity contribution is 7.98. The number of thioether (sulfide) groups is 1. The summed E-state index contributed by atoms with van der Waals surface area (Å²) in [6.07, 6.45) is 2.96. The van der Waals surface area contributed by atoms with Crippen molar-refractivity contribution in [3.8, 4) is 11.6 Å². The maximum Gasteiger partial charge on any atom is 0.377 e. The first kappa shape index (κ1) is 23.4. The molecule has 0 aliphatic rings. The van der Waals surface area contributed by atoms with Gasteiger partial charge in [-0.05, 0) is 40.1 Å². The van der Waals surface area contributed by atoms with Crippen LogP contribution in [0.1, 0.15) is 21.7 Å². The Morgan fingerprint density at radius 2 is 2.17 bits per heavy atom. The second kappa shape index (κ2) is 10.4. The van der Waals surface area contributed by atoms with Crippen LogP contribution in [0.5, 0.6) is 5.75 Å². The minimum atomic E-state index is -1.07. The number of carbonyl (C=O) groups is 2. The number of H-pyrrole nitrogens is 1. The molecule has 0 saturated carbocycles. The van der Waals surface area contributed by atoms with Gasteiger partial charge in [-0.2, -0.15) is 9.73 Å². The lowest BCUT2D eigenvalue weighted by Gasteiger charge is -2.03. The number of nitrogen functional groups attached to an aromatic ring is 1. The number of aromatic nitrogens is 8. The topological polar surface area (TPSA) is 216 Å². The van der Waals surface area contributed by atoms with Gasteiger partial charge in [-0.25, -0.2) is 10.2 Å². The van der Waals surface area contributed by atoms with E-state index in [1.807, 2.05) is 0 Å². The molecule has 3 heterocycles. The van der Waals surface area contributed by atoms with Crippen molar-refractivity contribution in [2.75, 3.05) is 12.3 Å². The number of hydrazone groups is 1. The Kier molecular flexibility index (Phi) is 6.96. The summed E-state index contributed by atoms with van der Waals surface area (Å²) >= 11 is 1.31. The molecule has 4 aromatic rings. The van der Waals surface area contributed by atoms with Crippen LogP contribution in [-0.4, -0.2) is 65.2 Å². The van der Waals surface area contributed by atoms with E-state index in [0.717, 1.165) is 0 Å². The molecule has 0 radical (unpaired) electrons. The number of aliphatic carboxylic acids is 1. The summed E-state index contributed by atoms with van der Waals surface area (Å²) in [5.41, 5.74) is 9.30. The van der Waals surface area contributed by atoms with Gasteiger partial charge in [0.15, 0.2) is 17.5 Å². The number of carbonyl (C=O) groups excluding carboxylic acids is 1. The normalized spacial score (nSPS) is 11.1. The van der Waals surface area contributed by atoms with Crippen LogP contribution < -0.4 is 20.6 Å². The molecular formula is C18H18N11O5S+. The molecule has 0 saturated heterocycles. The monoisotopic (exact) mass is 500 g/mol. The number of carboxylic acids is 1. The molecule has 16 nitrogen and oxygen atoms in total. The lowest BCUT2D eigenvalue weighted by atomic mass is 10.2. The molecule has 3 aromatic heterocycles. The van der Waals surface area contributed by atoms with E-state index < -0.39 is 18.5 Å². The summed E-state index contributed by atoms with van der Waals surface area (Å²) in [6, 6.07) is 6.47. The molecule has 0 bridgehead atoms. The fraction of sp³-hybridized carbons (Fsp3) is 0.167. The summed E-state index contributed by atoms with van der Waals surface area (Å²) in [5.74, 6) is -0.889. The van der Waals surface area contributed by atoms with Gasteiger partial charge in [0.1, 0.15) is 17.2 Å². The molecule has 4 rings (SSSR count). The van der Waals surface area contributed by atoms with Gasteiger partial charge in [0.2, 0.25) is 0 Å². The predicted octanol–water partition coefficient (Wildman–Crippen LogP) is -0.700. The smallest absolute Gasteiger partial charge is 0.377 e. The fourth-order valence-corrected chi connectivity index (χ4v) is 3.60. The van der Waals surface area contributed by atoms with Crippen molar-refractivity contribution in [1.82, 2.24) is 40.8 Å². The third kappa shape index (κ3) is 5.58. The summed E-state index contributed by atoms with van der Waals surface area (Å²) in [7, 11) is 1.79. The van der Waals surface area contributed by atoms with E-state index in [4.69, 9.17) is 15.6 Å². The average Bonchev–Trinajstić information content (AvgIpc) is 3.56. The van der Waals surface area contributed by atoms with Crippen LogP contribution in [0.25, 0.3) is 5.82 Å². The van der Waals surface area contributed by atoms with Crippen LogP contribution in [0.15, 0.2) is 45.5 Å². The fourth-order valence-electron chi connectivity index (χ4n) is 2.72. The van der Waals surface area contributed by atoms with E-state index in [2.05, 4.69) is 46.0 Å². The standard InChI is InChI=1S/C18H17N11O5S/c1-28-9-21-24-18(28)35-8-12-14(22-27-29(12)16-15(19)25-34-26-16)17(32)23-20-6-10-2-4-11(5-3-10)33-7-13(30)31/h2-6,9H,7-8H2,1H3,(H4,19,23,25,30,31,32)/p+1/b20-6+. The SMILES string of the molecule is Cn1cnnc1SCc1c(C(=O)N/N=C/c2ccc(OCC(=O)O)cc2)n[nH][n+]1-c1nonc1N. The Morgan fingerprint density at radius 1 is 1.37 bits per heavy atom. The number of amides is 1. The summed E-state index contributed by atoms with van der Waals surface area (Å²) < 4.78 is 12.8. The number of aryl methyl sites for hydroxylation is 1. The maximum absolute atomic E-state index is 12.8. The highest BCUT2D eigenvalue weighted by Gasteiger charge is 2.30. The Hall–Kier alpha value is -4.80. The number of carboxylic acid groups (broad SMARTS) is 1. The third-order valence-corrected chi connectivity index (χ3v) is 5.40. The van der Waals surface area contributed by atoms with E-state index in [-0.39, 0.29) is 23.1 Å². The number of aromatic amines is 1. The molecule has 0 unspecified atom stereocenters. The number of hydrogen-bond acceptors (Lipinski definition) is 12.